The fraction of sp³-hybridized carbons (Fsp3) is 0.231. The lowest BCUT2D eigenvalue weighted by atomic mass is 10.2. The summed E-state index contributed by atoms with van der Waals surface area (Å²) in [5.74, 6) is 0. The van der Waals surface area contributed by atoms with Crippen molar-refractivity contribution in [1.82, 2.24) is 9.13 Å². The number of rotatable bonds is 4. The lowest BCUT2D eigenvalue weighted by Gasteiger charge is -2.09. The molecule has 0 amide bonds. The van der Waals surface area contributed by atoms with Crippen molar-refractivity contribution in [2.24, 2.45) is 0 Å². The van der Waals surface area contributed by atoms with Crippen molar-refractivity contribution in [2.45, 2.75) is 20.0 Å². The van der Waals surface area contributed by atoms with Gasteiger partial charge in [-0.15, -0.1) is 0 Å². The first kappa shape index (κ1) is 15.0. The lowest BCUT2D eigenvalue weighted by Crippen LogP contribution is -2.39. The fourth-order valence-corrected chi connectivity index (χ4v) is 2.09. The highest BCUT2D eigenvalue weighted by atomic mass is 35.5. The van der Waals surface area contributed by atoms with Crippen LogP contribution in [0.15, 0.2) is 40.1 Å². The van der Waals surface area contributed by atoms with E-state index in [0.717, 1.165) is 4.57 Å². The number of nitro groups is 1. The zero-order valence-corrected chi connectivity index (χ0v) is 11.9. The number of nitro benzene ring substituents is 1. The summed E-state index contributed by atoms with van der Waals surface area (Å²) >= 11 is 5.98. The Balaban J connectivity index is 2.53. The predicted molar refractivity (Wildman–Crippen MR) is 77.8 cm³/mol. The molecule has 0 unspecified atom stereocenters. The Kier molecular flexibility index (Phi) is 4.23. The van der Waals surface area contributed by atoms with Crippen LogP contribution in [-0.4, -0.2) is 14.1 Å². The van der Waals surface area contributed by atoms with Crippen LogP contribution in [0.3, 0.4) is 0 Å². The summed E-state index contributed by atoms with van der Waals surface area (Å²) in [5.41, 5.74) is -0.757. The van der Waals surface area contributed by atoms with Crippen molar-refractivity contribution in [3.05, 3.63) is 72.0 Å². The molecule has 1 heterocycles. The second-order valence-corrected chi connectivity index (χ2v) is 4.75. The van der Waals surface area contributed by atoms with Gasteiger partial charge in [-0.25, -0.2) is 4.79 Å². The molecule has 0 atom stereocenters. The van der Waals surface area contributed by atoms with E-state index < -0.39 is 16.2 Å². The number of hydrogen-bond donors (Lipinski definition) is 0. The van der Waals surface area contributed by atoms with Gasteiger partial charge in [-0.3, -0.25) is 19.5 Å². The van der Waals surface area contributed by atoms with Gasteiger partial charge in [-0.1, -0.05) is 11.6 Å². The van der Waals surface area contributed by atoms with Gasteiger partial charge < -0.3 is 4.57 Å². The van der Waals surface area contributed by atoms with E-state index in [1.165, 1.54) is 35.0 Å². The largest absolute Gasteiger partial charge is 0.331 e. The molecular formula is C13H12ClN3O4. The van der Waals surface area contributed by atoms with E-state index in [1.54, 1.807) is 6.92 Å². The third-order valence-corrected chi connectivity index (χ3v) is 3.42. The van der Waals surface area contributed by atoms with E-state index in [2.05, 4.69) is 0 Å². The molecular weight excluding hydrogens is 298 g/mol. The summed E-state index contributed by atoms with van der Waals surface area (Å²) in [6.45, 7) is 2.08. The topological polar surface area (TPSA) is 87.1 Å². The molecule has 0 saturated heterocycles. The summed E-state index contributed by atoms with van der Waals surface area (Å²) in [5, 5.41) is 11.0. The molecule has 8 heteroatoms. The van der Waals surface area contributed by atoms with Crippen LogP contribution in [0.4, 0.5) is 5.69 Å². The molecule has 1 aromatic carbocycles. The molecule has 7 nitrogen and oxygen atoms in total. The lowest BCUT2D eigenvalue weighted by molar-refractivity contribution is -0.384. The van der Waals surface area contributed by atoms with Gasteiger partial charge in [0.2, 0.25) is 0 Å². The number of aryl methyl sites for hydroxylation is 1. The number of nitrogens with zero attached hydrogens (tertiary/aromatic N) is 3. The fourth-order valence-electron chi connectivity index (χ4n) is 1.91. The van der Waals surface area contributed by atoms with E-state index in [-0.39, 0.29) is 17.3 Å². The van der Waals surface area contributed by atoms with Crippen LogP contribution in [0.2, 0.25) is 5.02 Å². The summed E-state index contributed by atoms with van der Waals surface area (Å²) in [4.78, 5) is 34.1. The number of non-ortho nitro benzene ring substituents is 1. The third kappa shape index (κ3) is 3.03. The summed E-state index contributed by atoms with van der Waals surface area (Å²) in [7, 11) is 0. The maximum atomic E-state index is 12.1. The molecule has 0 fully saturated rings. The Morgan fingerprint density at radius 1 is 1.29 bits per heavy atom. The third-order valence-electron chi connectivity index (χ3n) is 3.05. The van der Waals surface area contributed by atoms with Crippen LogP contribution in [0.5, 0.6) is 0 Å². The maximum absolute atomic E-state index is 12.1. The molecule has 2 aromatic rings. The molecule has 21 heavy (non-hydrogen) atoms. The molecule has 110 valence electrons. The van der Waals surface area contributed by atoms with Crippen LogP contribution >= 0.6 is 11.6 Å². The maximum Gasteiger partial charge on any atom is 0.331 e. The zero-order valence-electron chi connectivity index (χ0n) is 11.2. The average molecular weight is 310 g/mol. The van der Waals surface area contributed by atoms with Crippen molar-refractivity contribution >= 4 is 17.3 Å². The van der Waals surface area contributed by atoms with Crippen molar-refractivity contribution in [3.63, 3.8) is 0 Å². The van der Waals surface area contributed by atoms with E-state index in [4.69, 9.17) is 11.6 Å². The predicted octanol–water partition coefficient (Wildman–Crippen LogP) is 1.64. The minimum Gasteiger partial charge on any atom is -0.301 e. The highest BCUT2D eigenvalue weighted by Crippen LogP contribution is 2.22. The molecule has 0 radical (unpaired) electrons. The van der Waals surface area contributed by atoms with Gasteiger partial charge in [-0.2, -0.15) is 0 Å². The number of aromatic nitrogens is 2. The highest BCUT2D eigenvalue weighted by molar-refractivity contribution is 6.31. The van der Waals surface area contributed by atoms with Crippen molar-refractivity contribution in [2.75, 3.05) is 0 Å². The molecule has 2 rings (SSSR count). The van der Waals surface area contributed by atoms with Gasteiger partial charge in [0, 0.05) is 36.0 Å². The van der Waals surface area contributed by atoms with Crippen molar-refractivity contribution in [3.8, 4) is 0 Å². The molecule has 0 aliphatic rings. The monoisotopic (exact) mass is 309 g/mol. The number of benzene rings is 1. The molecule has 0 bridgehead atoms. The molecule has 0 N–H and O–H groups in total. The van der Waals surface area contributed by atoms with E-state index in [1.807, 2.05) is 0 Å². The second-order valence-electron chi connectivity index (χ2n) is 4.34. The Hall–Kier alpha value is -2.41. The van der Waals surface area contributed by atoms with Crippen LogP contribution in [0.1, 0.15) is 12.5 Å². The standard InChI is InChI=1S/C13H12ClN3O4/c1-2-15-6-5-12(18)16(13(15)19)8-9-7-10(17(20)21)3-4-11(9)14/h3-7H,2,8H2,1H3. The summed E-state index contributed by atoms with van der Waals surface area (Å²) < 4.78 is 2.36. The first-order valence-electron chi connectivity index (χ1n) is 6.17. The smallest absolute Gasteiger partial charge is 0.301 e. The van der Waals surface area contributed by atoms with E-state index in [0.29, 0.717) is 12.1 Å². The van der Waals surface area contributed by atoms with Gasteiger partial charge >= 0.3 is 5.69 Å². The summed E-state index contributed by atoms with van der Waals surface area (Å²) in [6, 6.07) is 5.18. The first-order chi connectivity index (χ1) is 9.93. The molecule has 0 aliphatic carbocycles. The van der Waals surface area contributed by atoms with Gasteiger partial charge in [0.05, 0.1) is 11.5 Å². The average Bonchev–Trinajstić information content (AvgIpc) is 2.45. The Bertz CT molecular complexity index is 810. The zero-order chi connectivity index (χ0) is 15.6. The minimum atomic E-state index is -0.558. The Morgan fingerprint density at radius 3 is 2.62 bits per heavy atom. The van der Waals surface area contributed by atoms with Crippen LogP contribution in [0.25, 0.3) is 0 Å². The SMILES string of the molecule is CCn1ccc(=O)n(Cc2cc([N+](=O)[O-])ccc2Cl)c1=O. The van der Waals surface area contributed by atoms with E-state index in [9.17, 15) is 19.7 Å². The van der Waals surface area contributed by atoms with E-state index >= 15 is 0 Å². The molecule has 1 aromatic heterocycles. The summed E-state index contributed by atoms with van der Waals surface area (Å²) in [6.07, 6.45) is 1.41. The number of hydrogen-bond acceptors (Lipinski definition) is 4. The van der Waals surface area contributed by atoms with Crippen molar-refractivity contribution < 1.29 is 4.92 Å². The van der Waals surface area contributed by atoms with Crippen LogP contribution < -0.4 is 11.2 Å². The molecule has 0 spiro atoms. The van der Waals surface area contributed by atoms with Crippen LogP contribution in [-0.2, 0) is 13.1 Å². The van der Waals surface area contributed by atoms with Gasteiger partial charge in [-0.05, 0) is 18.6 Å². The second kappa shape index (κ2) is 5.92. The van der Waals surface area contributed by atoms with Gasteiger partial charge in [0.1, 0.15) is 0 Å². The van der Waals surface area contributed by atoms with Crippen LogP contribution in [0, 0.1) is 10.1 Å². The molecule has 0 aliphatic heterocycles. The van der Waals surface area contributed by atoms with Crippen molar-refractivity contribution in [1.29, 1.82) is 0 Å². The normalized spacial score (nSPS) is 10.6. The van der Waals surface area contributed by atoms with Gasteiger partial charge in [0.15, 0.2) is 0 Å². The minimum absolute atomic E-state index is 0.112. The highest BCUT2D eigenvalue weighted by Gasteiger charge is 2.12. The quantitative estimate of drug-likeness (QED) is 0.634. The number of halogens is 1. The van der Waals surface area contributed by atoms with Gasteiger partial charge in [0.25, 0.3) is 11.2 Å². The first-order valence-corrected chi connectivity index (χ1v) is 6.55. The molecule has 0 saturated carbocycles. The Labute approximate surface area is 124 Å². The Morgan fingerprint density at radius 2 is 2.00 bits per heavy atom.